The molecule has 19 heavy (non-hydrogen) atoms. The minimum absolute atomic E-state index is 0.0786. The van der Waals surface area contributed by atoms with Gasteiger partial charge in [0.05, 0.1) is 0 Å². The molecule has 3 N–H and O–H groups in total. The van der Waals surface area contributed by atoms with Crippen LogP contribution in [0.2, 0.25) is 0 Å². The summed E-state index contributed by atoms with van der Waals surface area (Å²) in [7, 11) is 2.14. The first-order valence-electron chi connectivity index (χ1n) is 6.93. The van der Waals surface area contributed by atoms with Gasteiger partial charge >= 0.3 is 0 Å². The van der Waals surface area contributed by atoms with Gasteiger partial charge in [0.15, 0.2) is 0 Å². The highest BCUT2D eigenvalue weighted by atomic mass is 16.2. The molecule has 1 amide bonds. The van der Waals surface area contributed by atoms with E-state index in [-0.39, 0.29) is 5.91 Å². The van der Waals surface area contributed by atoms with Crippen LogP contribution in [0.5, 0.6) is 0 Å². The summed E-state index contributed by atoms with van der Waals surface area (Å²) in [4.78, 5) is 14.3. The Hall–Kier alpha value is -1.39. The maximum Gasteiger partial charge on any atom is 0.241 e. The number of amides is 1. The van der Waals surface area contributed by atoms with Crippen LogP contribution in [0.3, 0.4) is 0 Å². The monoisotopic (exact) mass is 261 g/mol. The fourth-order valence-corrected chi connectivity index (χ4v) is 2.43. The predicted octanol–water partition coefficient (Wildman–Crippen LogP) is 1.14. The molecule has 1 aromatic carbocycles. The van der Waals surface area contributed by atoms with Gasteiger partial charge in [0.2, 0.25) is 5.91 Å². The summed E-state index contributed by atoms with van der Waals surface area (Å²) in [6.07, 6.45) is 2.30. The average Bonchev–Trinajstić information content (AvgIpc) is 2.46. The highest BCUT2D eigenvalue weighted by molar-refractivity contribution is 5.82. The Morgan fingerprint density at radius 2 is 2.00 bits per heavy atom. The van der Waals surface area contributed by atoms with E-state index < -0.39 is 6.04 Å². The lowest BCUT2D eigenvalue weighted by Crippen LogP contribution is -2.40. The molecule has 0 saturated carbocycles. The SMILES string of the molecule is CN1CCC(CNC(=O)C(N)c2ccccc2)CC1. The van der Waals surface area contributed by atoms with Gasteiger partial charge < -0.3 is 16.0 Å². The van der Waals surface area contributed by atoms with Crippen molar-refractivity contribution in [1.29, 1.82) is 0 Å². The third-order valence-corrected chi connectivity index (χ3v) is 3.84. The minimum Gasteiger partial charge on any atom is -0.354 e. The average molecular weight is 261 g/mol. The molecule has 1 aliphatic rings. The summed E-state index contributed by atoms with van der Waals surface area (Å²) in [5, 5.41) is 2.98. The van der Waals surface area contributed by atoms with Crippen LogP contribution < -0.4 is 11.1 Å². The van der Waals surface area contributed by atoms with Gasteiger partial charge in [0.25, 0.3) is 0 Å². The van der Waals surface area contributed by atoms with E-state index in [0.29, 0.717) is 5.92 Å². The Balaban J connectivity index is 1.78. The van der Waals surface area contributed by atoms with Gasteiger partial charge in [-0.25, -0.2) is 0 Å². The Bertz CT molecular complexity index is 399. The summed E-state index contributed by atoms with van der Waals surface area (Å²) in [6, 6.07) is 8.94. The van der Waals surface area contributed by atoms with E-state index in [2.05, 4.69) is 17.3 Å². The first-order valence-corrected chi connectivity index (χ1v) is 6.93. The number of piperidine rings is 1. The van der Waals surface area contributed by atoms with Crippen molar-refractivity contribution >= 4 is 5.91 Å². The topological polar surface area (TPSA) is 58.4 Å². The van der Waals surface area contributed by atoms with Gasteiger partial charge in [0, 0.05) is 6.54 Å². The van der Waals surface area contributed by atoms with E-state index in [1.165, 1.54) is 0 Å². The van der Waals surface area contributed by atoms with Gasteiger partial charge in [-0.15, -0.1) is 0 Å². The summed E-state index contributed by atoms with van der Waals surface area (Å²) in [6.45, 7) is 2.98. The lowest BCUT2D eigenvalue weighted by molar-refractivity contribution is -0.122. The van der Waals surface area contributed by atoms with Crippen LogP contribution in [0.25, 0.3) is 0 Å². The van der Waals surface area contributed by atoms with E-state index in [1.807, 2.05) is 30.3 Å². The molecule has 4 nitrogen and oxygen atoms in total. The van der Waals surface area contributed by atoms with Crippen molar-refractivity contribution in [2.45, 2.75) is 18.9 Å². The fraction of sp³-hybridized carbons (Fsp3) is 0.533. The number of likely N-dealkylation sites (tertiary alicyclic amines) is 1. The Kier molecular flexibility index (Phi) is 4.93. The van der Waals surface area contributed by atoms with Crippen LogP contribution in [-0.2, 0) is 4.79 Å². The number of hydrogen-bond acceptors (Lipinski definition) is 3. The molecule has 1 fully saturated rings. The van der Waals surface area contributed by atoms with Crippen molar-refractivity contribution < 1.29 is 4.79 Å². The van der Waals surface area contributed by atoms with Gasteiger partial charge in [-0.3, -0.25) is 4.79 Å². The second kappa shape index (κ2) is 6.68. The largest absolute Gasteiger partial charge is 0.354 e. The molecule has 0 radical (unpaired) electrons. The number of benzene rings is 1. The highest BCUT2D eigenvalue weighted by Crippen LogP contribution is 2.15. The second-order valence-corrected chi connectivity index (χ2v) is 5.38. The van der Waals surface area contributed by atoms with Gasteiger partial charge in [-0.2, -0.15) is 0 Å². The number of rotatable bonds is 4. The molecule has 1 atom stereocenters. The Labute approximate surface area is 115 Å². The molecule has 1 saturated heterocycles. The molecule has 1 aromatic rings. The van der Waals surface area contributed by atoms with Crippen molar-refractivity contribution in [1.82, 2.24) is 10.2 Å². The normalized spacial score (nSPS) is 19.1. The first kappa shape index (κ1) is 14.0. The summed E-state index contributed by atoms with van der Waals surface area (Å²) in [5.74, 6) is 0.508. The zero-order valence-electron chi connectivity index (χ0n) is 11.5. The predicted molar refractivity (Wildman–Crippen MR) is 76.6 cm³/mol. The van der Waals surface area contributed by atoms with Crippen molar-refractivity contribution in [3.8, 4) is 0 Å². The highest BCUT2D eigenvalue weighted by Gasteiger charge is 2.19. The third-order valence-electron chi connectivity index (χ3n) is 3.84. The van der Waals surface area contributed by atoms with Gasteiger partial charge in [-0.1, -0.05) is 30.3 Å². The van der Waals surface area contributed by atoms with Crippen molar-refractivity contribution in [3.05, 3.63) is 35.9 Å². The van der Waals surface area contributed by atoms with Crippen molar-refractivity contribution in [3.63, 3.8) is 0 Å². The smallest absolute Gasteiger partial charge is 0.241 e. The number of nitrogens with one attached hydrogen (secondary N) is 1. The molecule has 0 spiro atoms. The quantitative estimate of drug-likeness (QED) is 0.854. The second-order valence-electron chi connectivity index (χ2n) is 5.38. The maximum absolute atomic E-state index is 12.0. The summed E-state index contributed by atoms with van der Waals surface area (Å²) in [5.41, 5.74) is 6.82. The van der Waals surface area contributed by atoms with Crippen LogP contribution in [0, 0.1) is 5.92 Å². The van der Waals surface area contributed by atoms with E-state index in [9.17, 15) is 4.79 Å². The summed E-state index contributed by atoms with van der Waals surface area (Å²) >= 11 is 0. The Morgan fingerprint density at radius 1 is 1.37 bits per heavy atom. The number of nitrogens with two attached hydrogens (primary N) is 1. The molecule has 0 aromatic heterocycles. The summed E-state index contributed by atoms with van der Waals surface area (Å²) < 4.78 is 0. The van der Waals surface area contributed by atoms with Crippen LogP contribution in [0.4, 0.5) is 0 Å². The molecule has 0 bridgehead atoms. The molecule has 0 aliphatic carbocycles. The van der Waals surface area contributed by atoms with Crippen molar-refractivity contribution in [2.75, 3.05) is 26.7 Å². The van der Waals surface area contributed by atoms with E-state index in [4.69, 9.17) is 5.73 Å². The van der Waals surface area contributed by atoms with E-state index in [0.717, 1.165) is 38.0 Å². The van der Waals surface area contributed by atoms with E-state index >= 15 is 0 Å². The minimum atomic E-state index is -0.563. The molecule has 1 unspecified atom stereocenters. The van der Waals surface area contributed by atoms with E-state index in [1.54, 1.807) is 0 Å². The molecule has 104 valence electrons. The molecular formula is C15H23N3O. The Morgan fingerprint density at radius 3 is 2.63 bits per heavy atom. The molecule has 2 rings (SSSR count). The van der Waals surface area contributed by atoms with Crippen LogP contribution in [0.15, 0.2) is 30.3 Å². The number of nitrogens with zero attached hydrogens (tertiary/aromatic N) is 1. The lowest BCUT2D eigenvalue weighted by Gasteiger charge is -2.29. The molecule has 4 heteroatoms. The zero-order chi connectivity index (χ0) is 13.7. The molecule has 1 aliphatic heterocycles. The van der Waals surface area contributed by atoms with Crippen molar-refractivity contribution in [2.24, 2.45) is 11.7 Å². The van der Waals surface area contributed by atoms with Crippen LogP contribution >= 0.6 is 0 Å². The zero-order valence-corrected chi connectivity index (χ0v) is 11.5. The molecular weight excluding hydrogens is 238 g/mol. The number of carbonyl (C=O) groups excluding carboxylic acids is 1. The third kappa shape index (κ3) is 4.04. The molecule has 1 heterocycles. The van der Waals surface area contributed by atoms with Crippen LogP contribution in [0.1, 0.15) is 24.4 Å². The fourth-order valence-electron chi connectivity index (χ4n) is 2.43. The number of carbonyl (C=O) groups is 1. The van der Waals surface area contributed by atoms with Gasteiger partial charge in [-0.05, 0) is 44.5 Å². The first-order chi connectivity index (χ1) is 9.16. The number of hydrogen-bond donors (Lipinski definition) is 2. The van der Waals surface area contributed by atoms with Crippen LogP contribution in [-0.4, -0.2) is 37.5 Å². The standard InChI is InChI=1S/C15H23N3O/c1-18-9-7-12(8-10-18)11-17-15(19)14(16)13-5-3-2-4-6-13/h2-6,12,14H,7-11,16H2,1H3,(H,17,19). The lowest BCUT2D eigenvalue weighted by atomic mass is 9.97. The van der Waals surface area contributed by atoms with Gasteiger partial charge in [0.1, 0.15) is 6.04 Å². The maximum atomic E-state index is 12.0.